The highest BCUT2D eigenvalue weighted by Crippen LogP contribution is 2.28. The second-order valence-electron chi connectivity index (χ2n) is 5.97. The minimum Gasteiger partial charge on any atom is -0.265 e. The van der Waals surface area contributed by atoms with Crippen molar-refractivity contribution in [3.63, 3.8) is 0 Å². The average molecular weight is 342 g/mol. The summed E-state index contributed by atoms with van der Waals surface area (Å²) in [5.74, 6) is 0.335. The van der Waals surface area contributed by atoms with E-state index in [9.17, 15) is 13.7 Å². The minimum absolute atomic E-state index is 0.128. The van der Waals surface area contributed by atoms with Crippen molar-refractivity contribution in [2.45, 2.75) is 26.3 Å². The third kappa shape index (κ3) is 3.10. The largest absolute Gasteiger partial charge is 0.265 e. The van der Waals surface area contributed by atoms with Gasteiger partial charge in [-0.2, -0.15) is 10.4 Å². The Bertz CT molecular complexity index is 937. The van der Waals surface area contributed by atoms with Crippen molar-refractivity contribution in [2.24, 2.45) is 0 Å². The zero-order chi connectivity index (χ0) is 17.3. The van der Waals surface area contributed by atoms with Crippen LogP contribution in [0, 0.1) is 25.2 Å². The molecule has 2 aromatic rings. The van der Waals surface area contributed by atoms with Gasteiger partial charge in [0.2, 0.25) is 0 Å². The van der Waals surface area contributed by atoms with Crippen LogP contribution in [0.1, 0.15) is 35.1 Å². The van der Waals surface area contributed by atoms with E-state index < -0.39 is 9.84 Å². The highest BCUT2D eigenvalue weighted by atomic mass is 32.2. The lowest BCUT2D eigenvalue weighted by atomic mass is 10.1. The molecule has 0 amide bonds. The second-order valence-corrected chi connectivity index (χ2v) is 8.20. The standard InChI is InChI=1S/C17H18N4O2S/c1-12-16(9-14(10-18)17-5-3-4-7-19-17)13(2)21(20-12)15-6-8-24(22,23)11-15/h3-5,7,9,15H,6,8,11H2,1-2H3/b14-9-/t15-/m1/s1. The third-order valence-electron chi connectivity index (χ3n) is 4.29. The zero-order valence-electron chi connectivity index (χ0n) is 13.6. The predicted molar refractivity (Wildman–Crippen MR) is 91.7 cm³/mol. The fraction of sp³-hybridized carbons (Fsp3) is 0.353. The summed E-state index contributed by atoms with van der Waals surface area (Å²) < 4.78 is 25.2. The molecule has 1 aliphatic heterocycles. The summed E-state index contributed by atoms with van der Waals surface area (Å²) in [4.78, 5) is 4.21. The van der Waals surface area contributed by atoms with Crippen LogP contribution in [0.5, 0.6) is 0 Å². The summed E-state index contributed by atoms with van der Waals surface area (Å²) in [6.07, 6.45) is 4.01. The van der Waals surface area contributed by atoms with Crippen molar-refractivity contribution in [3.05, 3.63) is 47.0 Å². The normalized spacial score (nSPS) is 20.0. The monoisotopic (exact) mass is 342 g/mol. The van der Waals surface area contributed by atoms with E-state index in [1.165, 1.54) is 0 Å². The zero-order valence-corrected chi connectivity index (χ0v) is 14.4. The first-order valence-electron chi connectivity index (χ1n) is 7.70. The van der Waals surface area contributed by atoms with Crippen LogP contribution in [0.15, 0.2) is 24.4 Å². The fourth-order valence-electron chi connectivity index (χ4n) is 3.04. The van der Waals surface area contributed by atoms with E-state index in [0.717, 1.165) is 17.0 Å². The second kappa shape index (κ2) is 6.21. The van der Waals surface area contributed by atoms with Gasteiger partial charge in [-0.3, -0.25) is 9.67 Å². The van der Waals surface area contributed by atoms with Crippen LogP contribution < -0.4 is 0 Å². The van der Waals surface area contributed by atoms with Gasteiger partial charge in [-0.1, -0.05) is 6.07 Å². The number of aromatic nitrogens is 3. The van der Waals surface area contributed by atoms with E-state index in [0.29, 0.717) is 17.7 Å². The molecule has 3 rings (SSSR count). The molecular formula is C17H18N4O2S. The lowest BCUT2D eigenvalue weighted by molar-refractivity contribution is 0.486. The van der Waals surface area contributed by atoms with Crippen LogP contribution in [0.4, 0.5) is 0 Å². The number of sulfone groups is 1. The Morgan fingerprint density at radius 3 is 2.79 bits per heavy atom. The molecule has 0 saturated carbocycles. The lowest BCUT2D eigenvalue weighted by Gasteiger charge is -2.11. The fourth-order valence-corrected chi connectivity index (χ4v) is 4.73. The molecule has 0 bridgehead atoms. The molecule has 1 atom stereocenters. The van der Waals surface area contributed by atoms with E-state index in [2.05, 4.69) is 16.2 Å². The van der Waals surface area contributed by atoms with Crippen molar-refractivity contribution < 1.29 is 8.42 Å². The lowest BCUT2D eigenvalue weighted by Crippen LogP contribution is -2.13. The number of hydrogen-bond donors (Lipinski definition) is 0. The van der Waals surface area contributed by atoms with Gasteiger partial charge in [0.25, 0.3) is 0 Å². The Labute approximate surface area is 141 Å². The summed E-state index contributed by atoms with van der Waals surface area (Å²) >= 11 is 0. The van der Waals surface area contributed by atoms with Crippen molar-refractivity contribution >= 4 is 21.5 Å². The summed E-state index contributed by atoms with van der Waals surface area (Å²) in [6, 6.07) is 7.47. The van der Waals surface area contributed by atoms with Gasteiger partial charge in [-0.25, -0.2) is 8.42 Å². The summed E-state index contributed by atoms with van der Waals surface area (Å²) in [6.45, 7) is 3.77. The van der Waals surface area contributed by atoms with Gasteiger partial charge < -0.3 is 0 Å². The van der Waals surface area contributed by atoms with E-state index in [1.54, 1.807) is 29.1 Å². The first kappa shape index (κ1) is 16.4. The molecule has 7 heteroatoms. The van der Waals surface area contributed by atoms with Crippen molar-refractivity contribution in [3.8, 4) is 6.07 Å². The molecule has 0 aliphatic carbocycles. The van der Waals surface area contributed by atoms with Crippen LogP contribution in [0.2, 0.25) is 0 Å². The smallest absolute Gasteiger partial charge is 0.152 e. The van der Waals surface area contributed by atoms with Crippen LogP contribution in [0.25, 0.3) is 11.6 Å². The maximum absolute atomic E-state index is 11.7. The Kier molecular flexibility index (Phi) is 4.24. The van der Waals surface area contributed by atoms with Crippen molar-refractivity contribution in [2.75, 3.05) is 11.5 Å². The third-order valence-corrected chi connectivity index (χ3v) is 6.04. The highest BCUT2D eigenvalue weighted by Gasteiger charge is 2.31. The first-order chi connectivity index (χ1) is 11.4. The molecule has 0 unspecified atom stereocenters. The predicted octanol–water partition coefficient (Wildman–Crippen LogP) is 2.32. The molecule has 0 aromatic carbocycles. The number of aryl methyl sites for hydroxylation is 1. The maximum atomic E-state index is 11.7. The molecule has 0 radical (unpaired) electrons. The van der Waals surface area contributed by atoms with E-state index in [1.807, 2.05) is 19.9 Å². The molecule has 1 saturated heterocycles. The Morgan fingerprint density at radius 2 is 2.21 bits per heavy atom. The minimum atomic E-state index is -2.97. The van der Waals surface area contributed by atoms with Gasteiger partial charge in [-0.15, -0.1) is 0 Å². The molecule has 24 heavy (non-hydrogen) atoms. The van der Waals surface area contributed by atoms with Gasteiger partial charge in [0.1, 0.15) is 6.07 Å². The number of allylic oxidation sites excluding steroid dienone is 1. The molecule has 124 valence electrons. The van der Waals surface area contributed by atoms with Gasteiger partial charge in [0, 0.05) is 17.5 Å². The molecular weight excluding hydrogens is 324 g/mol. The van der Waals surface area contributed by atoms with Gasteiger partial charge >= 0.3 is 0 Å². The molecule has 0 N–H and O–H groups in total. The summed E-state index contributed by atoms with van der Waals surface area (Å²) in [5.41, 5.74) is 3.57. The number of rotatable bonds is 3. The van der Waals surface area contributed by atoms with Crippen LogP contribution in [0.3, 0.4) is 0 Å². The molecule has 2 aromatic heterocycles. The molecule has 0 spiro atoms. The Balaban J connectivity index is 2.01. The van der Waals surface area contributed by atoms with Crippen LogP contribution in [-0.2, 0) is 9.84 Å². The van der Waals surface area contributed by atoms with Gasteiger partial charge in [-0.05, 0) is 38.5 Å². The number of nitrogens with zero attached hydrogens (tertiary/aromatic N) is 4. The number of nitriles is 1. The van der Waals surface area contributed by atoms with E-state index in [-0.39, 0.29) is 17.5 Å². The van der Waals surface area contributed by atoms with Crippen molar-refractivity contribution in [1.82, 2.24) is 14.8 Å². The molecule has 1 aliphatic rings. The van der Waals surface area contributed by atoms with Crippen LogP contribution >= 0.6 is 0 Å². The topological polar surface area (TPSA) is 88.6 Å². The van der Waals surface area contributed by atoms with Gasteiger partial charge in [0.15, 0.2) is 9.84 Å². The molecule has 1 fully saturated rings. The van der Waals surface area contributed by atoms with Crippen LogP contribution in [-0.4, -0.2) is 34.7 Å². The molecule has 3 heterocycles. The first-order valence-corrected chi connectivity index (χ1v) is 9.53. The molecule has 6 nitrogen and oxygen atoms in total. The Hall–Kier alpha value is -2.46. The average Bonchev–Trinajstić information content (AvgIpc) is 3.06. The van der Waals surface area contributed by atoms with Crippen molar-refractivity contribution in [1.29, 1.82) is 5.26 Å². The number of pyridine rings is 1. The van der Waals surface area contributed by atoms with E-state index >= 15 is 0 Å². The Morgan fingerprint density at radius 1 is 1.42 bits per heavy atom. The number of hydrogen-bond acceptors (Lipinski definition) is 5. The SMILES string of the molecule is Cc1nn([C@@H]2CCS(=O)(=O)C2)c(C)c1/C=C(/C#N)c1ccccn1. The summed E-state index contributed by atoms with van der Waals surface area (Å²) in [7, 11) is -2.97. The quantitative estimate of drug-likeness (QED) is 0.799. The van der Waals surface area contributed by atoms with Gasteiger partial charge in [0.05, 0.1) is 34.5 Å². The van der Waals surface area contributed by atoms with E-state index in [4.69, 9.17) is 0 Å². The highest BCUT2D eigenvalue weighted by molar-refractivity contribution is 7.91. The maximum Gasteiger partial charge on any atom is 0.152 e. The summed E-state index contributed by atoms with van der Waals surface area (Å²) in [5, 5.41) is 14.0.